The highest BCUT2D eigenvalue weighted by Gasteiger charge is 2.60. The molecule has 2 N–H and O–H groups in total. The van der Waals surface area contributed by atoms with Crippen molar-refractivity contribution in [3.63, 3.8) is 0 Å². The van der Waals surface area contributed by atoms with Gasteiger partial charge >= 0.3 is 12.1 Å². The molecule has 0 fully saturated rings. The van der Waals surface area contributed by atoms with E-state index in [9.17, 15) is 27.9 Å². The Morgan fingerprint density at radius 1 is 1.29 bits per heavy atom. The normalized spacial score (nSPS) is 13.9. The van der Waals surface area contributed by atoms with Crippen LogP contribution in [0.5, 0.6) is 0 Å². The number of aliphatic hydroxyl groups is 1. The van der Waals surface area contributed by atoms with E-state index in [0.717, 1.165) is 36.3 Å². The number of benzene rings is 1. The predicted molar refractivity (Wildman–Crippen MR) is 97.8 cm³/mol. The summed E-state index contributed by atoms with van der Waals surface area (Å²) in [6, 6.07) is 3.36. The minimum Gasteiger partial charge on any atom is -0.465 e. The second-order valence-corrected chi connectivity index (χ2v) is 7.22. The number of likely N-dealkylation sites (N-methyl/N-ethyl adjacent to an activating group) is 1. The van der Waals surface area contributed by atoms with Crippen LogP contribution in [0.3, 0.4) is 0 Å². The third-order valence-corrected chi connectivity index (χ3v) is 5.00. The summed E-state index contributed by atoms with van der Waals surface area (Å²) in [4.78, 5) is 28.0. The first-order chi connectivity index (χ1) is 13.1. The molecule has 0 aliphatic heterocycles. The van der Waals surface area contributed by atoms with Gasteiger partial charge in [-0.25, -0.2) is 4.98 Å². The number of aromatic nitrogens is 1. The number of unbranched alkanes of at least 4 members (excludes halogenated alkanes) is 1. The maximum atomic E-state index is 13.5. The number of nitrogens with zero attached hydrogens (tertiary/aromatic N) is 1. The lowest BCUT2D eigenvalue weighted by Crippen LogP contribution is -2.54. The highest BCUT2D eigenvalue weighted by Crippen LogP contribution is 2.40. The van der Waals surface area contributed by atoms with Crippen LogP contribution in [0.2, 0.25) is 0 Å². The predicted octanol–water partition coefficient (Wildman–Crippen LogP) is 3.07. The van der Waals surface area contributed by atoms with Crippen molar-refractivity contribution in [1.29, 1.82) is 0 Å². The van der Waals surface area contributed by atoms with Gasteiger partial charge in [0, 0.05) is 12.1 Å². The third kappa shape index (κ3) is 4.61. The Kier molecular flexibility index (Phi) is 7.00. The summed E-state index contributed by atoms with van der Waals surface area (Å²) in [6.07, 6.45) is -3.69. The van der Waals surface area contributed by atoms with Gasteiger partial charge in [-0.15, -0.1) is 11.3 Å². The molecule has 2 rings (SSSR count). The molecule has 1 unspecified atom stereocenters. The quantitative estimate of drug-likeness (QED) is 0.508. The van der Waals surface area contributed by atoms with Gasteiger partial charge in [-0.05, 0) is 25.5 Å². The van der Waals surface area contributed by atoms with Gasteiger partial charge in [0.2, 0.25) is 0 Å². The maximum Gasteiger partial charge on any atom is 0.430 e. The van der Waals surface area contributed by atoms with Crippen molar-refractivity contribution >= 4 is 33.4 Å². The zero-order valence-corrected chi connectivity index (χ0v) is 16.2. The van der Waals surface area contributed by atoms with Crippen LogP contribution in [0, 0.1) is 0 Å². The minimum atomic E-state index is -5.21. The van der Waals surface area contributed by atoms with Crippen LogP contribution in [-0.2, 0) is 26.3 Å². The van der Waals surface area contributed by atoms with Crippen molar-refractivity contribution in [2.75, 3.05) is 13.2 Å². The molecule has 0 saturated heterocycles. The number of amides is 1. The van der Waals surface area contributed by atoms with E-state index in [-0.39, 0.29) is 13.0 Å². The summed E-state index contributed by atoms with van der Waals surface area (Å²) in [5.74, 6) is -2.02. The van der Waals surface area contributed by atoms with E-state index in [4.69, 9.17) is 4.74 Å². The largest absolute Gasteiger partial charge is 0.465 e. The van der Waals surface area contributed by atoms with Crippen molar-refractivity contribution in [3.8, 4) is 0 Å². The molecule has 10 heteroatoms. The molecule has 0 radical (unpaired) electrons. The summed E-state index contributed by atoms with van der Waals surface area (Å²) in [5, 5.41) is 12.6. The Morgan fingerprint density at radius 2 is 2.00 bits per heavy atom. The number of nitrogens with one attached hydrogen (secondary N) is 1. The second-order valence-electron chi connectivity index (χ2n) is 6.11. The average molecular weight is 418 g/mol. The average Bonchev–Trinajstić information content (AvgIpc) is 3.01. The number of esters is 1. The summed E-state index contributed by atoms with van der Waals surface area (Å²) >= 11 is 1.01. The van der Waals surface area contributed by atoms with Gasteiger partial charge in [0.15, 0.2) is 0 Å². The highest BCUT2D eigenvalue weighted by atomic mass is 32.1. The van der Waals surface area contributed by atoms with Gasteiger partial charge in [0.1, 0.15) is 5.01 Å². The first-order valence-corrected chi connectivity index (χ1v) is 9.58. The number of carbonyl (C=O) groups is 2. The maximum absolute atomic E-state index is 13.5. The third-order valence-electron chi connectivity index (χ3n) is 3.98. The molecule has 0 spiro atoms. The molecule has 0 aliphatic carbocycles. The molecule has 1 heterocycles. The molecule has 1 aromatic heterocycles. The molecule has 6 nitrogen and oxygen atoms in total. The number of hydrogen-bond donors (Lipinski definition) is 2. The van der Waals surface area contributed by atoms with Gasteiger partial charge in [-0.1, -0.05) is 19.4 Å². The zero-order chi connectivity index (χ0) is 20.9. The van der Waals surface area contributed by atoms with Gasteiger partial charge in [0.25, 0.3) is 11.5 Å². The van der Waals surface area contributed by atoms with Crippen LogP contribution in [-0.4, -0.2) is 41.3 Å². The first-order valence-electron chi connectivity index (χ1n) is 8.76. The lowest BCUT2D eigenvalue weighted by atomic mass is 9.92. The monoisotopic (exact) mass is 418 g/mol. The molecule has 0 aliphatic rings. The standard InChI is InChI=1S/C18H21F3N2O4S/c1-3-5-8-27-15(24)10-14-23-12-7-6-11(9-13(12)28-14)17(26,18(19,20)21)16(25)22-4-2/h6-7,9,26H,3-5,8,10H2,1-2H3,(H,22,25). The van der Waals surface area contributed by atoms with Crippen LogP contribution >= 0.6 is 11.3 Å². The van der Waals surface area contributed by atoms with E-state index >= 15 is 0 Å². The summed E-state index contributed by atoms with van der Waals surface area (Å²) in [5.41, 5.74) is -3.93. The molecule has 1 atom stereocenters. The zero-order valence-electron chi connectivity index (χ0n) is 15.4. The SMILES string of the molecule is CCCCOC(=O)Cc1nc2ccc(C(O)(C(=O)NCC)C(F)(F)F)cc2s1. The minimum absolute atomic E-state index is 0.0652. The lowest BCUT2D eigenvalue weighted by Gasteiger charge is -2.29. The molecule has 2 aromatic rings. The number of halogens is 3. The topological polar surface area (TPSA) is 88.5 Å². The number of carbonyl (C=O) groups excluding carboxylic acids is 2. The lowest BCUT2D eigenvalue weighted by molar-refractivity contribution is -0.256. The summed E-state index contributed by atoms with van der Waals surface area (Å²) in [7, 11) is 0. The summed E-state index contributed by atoms with van der Waals surface area (Å²) < 4.78 is 45.9. The number of thiazole rings is 1. The smallest absolute Gasteiger partial charge is 0.430 e. The van der Waals surface area contributed by atoms with Crippen molar-refractivity contribution < 1.29 is 32.6 Å². The van der Waals surface area contributed by atoms with Crippen LogP contribution in [0.1, 0.15) is 37.3 Å². The molecule has 0 saturated carbocycles. The Labute approximate surface area is 163 Å². The summed E-state index contributed by atoms with van der Waals surface area (Å²) in [6.45, 7) is 3.65. The Balaban J connectivity index is 2.32. The molecular weight excluding hydrogens is 397 g/mol. The van der Waals surface area contributed by atoms with Gasteiger partial charge in [-0.3, -0.25) is 9.59 Å². The van der Waals surface area contributed by atoms with Crippen LogP contribution in [0.4, 0.5) is 13.2 Å². The van der Waals surface area contributed by atoms with E-state index in [0.29, 0.717) is 21.8 Å². The van der Waals surface area contributed by atoms with E-state index in [1.54, 1.807) is 0 Å². The number of rotatable bonds is 8. The Hall–Kier alpha value is -2.20. The Morgan fingerprint density at radius 3 is 2.61 bits per heavy atom. The molecule has 0 bridgehead atoms. The molecule has 1 amide bonds. The number of alkyl halides is 3. The van der Waals surface area contributed by atoms with Crippen LogP contribution in [0.15, 0.2) is 18.2 Å². The van der Waals surface area contributed by atoms with E-state index < -0.39 is 29.2 Å². The molecule has 28 heavy (non-hydrogen) atoms. The van der Waals surface area contributed by atoms with Crippen molar-refractivity contribution in [1.82, 2.24) is 10.3 Å². The van der Waals surface area contributed by atoms with Crippen molar-refractivity contribution in [2.45, 2.75) is 44.9 Å². The second kappa shape index (κ2) is 8.87. The number of ether oxygens (including phenoxy) is 1. The van der Waals surface area contributed by atoms with E-state index in [1.165, 1.54) is 13.0 Å². The molecule has 1 aromatic carbocycles. The van der Waals surface area contributed by atoms with Crippen LogP contribution < -0.4 is 5.32 Å². The van der Waals surface area contributed by atoms with Crippen LogP contribution in [0.25, 0.3) is 10.2 Å². The molecular formula is C18H21F3N2O4S. The fraction of sp³-hybridized carbons (Fsp3) is 0.500. The van der Waals surface area contributed by atoms with Gasteiger partial charge in [-0.2, -0.15) is 13.2 Å². The fourth-order valence-electron chi connectivity index (χ4n) is 2.49. The van der Waals surface area contributed by atoms with Gasteiger partial charge < -0.3 is 15.2 Å². The highest BCUT2D eigenvalue weighted by molar-refractivity contribution is 7.18. The number of fused-ring (bicyclic) bond motifs is 1. The van der Waals surface area contributed by atoms with Crippen molar-refractivity contribution in [2.24, 2.45) is 0 Å². The number of hydrogen-bond acceptors (Lipinski definition) is 6. The Bertz CT molecular complexity index is 853. The van der Waals surface area contributed by atoms with E-state index in [1.807, 2.05) is 12.2 Å². The first kappa shape index (κ1) is 22.1. The van der Waals surface area contributed by atoms with E-state index in [2.05, 4.69) is 4.98 Å². The molecule has 154 valence electrons. The fourth-order valence-corrected chi connectivity index (χ4v) is 3.48. The van der Waals surface area contributed by atoms with Crippen molar-refractivity contribution in [3.05, 3.63) is 28.8 Å². The van der Waals surface area contributed by atoms with Gasteiger partial charge in [0.05, 0.1) is 23.2 Å².